The van der Waals surface area contributed by atoms with Crippen molar-refractivity contribution in [3.63, 3.8) is 0 Å². The van der Waals surface area contributed by atoms with Crippen molar-refractivity contribution >= 4 is 17.1 Å². The summed E-state index contributed by atoms with van der Waals surface area (Å²) in [6.07, 6.45) is 5.60. The molecule has 4 saturated carbocycles. The monoisotopic (exact) mass is 829 g/mol. The van der Waals surface area contributed by atoms with Gasteiger partial charge in [-0.25, -0.2) is 0 Å². The Morgan fingerprint density at radius 1 is 0.354 bits per heavy atom. The largest absolute Gasteiger partial charge is 0.310 e. The van der Waals surface area contributed by atoms with E-state index in [2.05, 4.69) is 217 Å². The highest BCUT2D eigenvalue weighted by Gasteiger charge is 2.66. The lowest BCUT2D eigenvalue weighted by atomic mass is 9.59. The first-order valence-electron chi connectivity index (χ1n) is 23.9. The fourth-order valence-electron chi connectivity index (χ4n) is 15.2. The van der Waals surface area contributed by atoms with Gasteiger partial charge in [0.15, 0.2) is 0 Å². The molecule has 7 aliphatic carbocycles. The Bertz CT molecular complexity index is 3370. The Hall–Kier alpha value is -7.22. The Balaban J connectivity index is 1.02. The van der Waals surface area contributed by atoms with Gasteiger partial charge in [0.1, 0.15) is 0 Å². The summed E-state index contributed by atoms with van der Waals surface area (Å²) < 4.78 is 0. The van der Waals surface area contributed by atoms with E-state index in [1.54, 1.807) is 11.1 Å². The number of benzene rings is 9. The van der Waals surface area contributed by atoms with E-state index in [1.165, 1.54) is 121 Å². The van der Waals surface area contributed by atoms with Crippen molar-refractivity contribution in [3.05, 3.63) is 246 Å². The molecule has 1 heteroatoms. The van der Waals surface area contributed by atoms with Gasteiger partial charge in [-0.05, 0) is 163 Å². The van der Waals surface area contributed by atoms with Crippen molar-refractivity contribution in [2.75, 3.05) is 4.90 Å². The molecular weight excluding hydrogens is 783 g/mol. The fraction of sp³-hybridized carbons (Fsp3) is 0.156. The van der Waals surface area contributed by atoms with Gasteiger partial charge in [0.25, 0.3) is 0 Å². The number of nitrogens with zero attached hydrogens (tertiary/aromatic N) is 1. The van der Waals surface area contributed by atoms with E-state index < -0.39 is 5.41 Å². The van der Waals surface area contributed by atoms with Crippen LogP contribution in [0.5, 0.6) is 0 Å². The van der Waals surface area contributed by atoms with Crippen LogP contribution in [0.3, 0.4) is 0 Å². The second-order valence-corrected chi connectivity index (χ2v) is 19.9. The third-order valence-electron chi connectivity index (χ3n) is 17.3. The molecule has 0 amide bonds. The molecule has 0 aromatic heterocycles. The molecule has 4 fully saturated rings. The van der Waals surface area contributed by atoms with E-state index in [9.17, 15) is 0 Å². The van der Waals surface area contributed by atoms with Crippen molar-refractivity contribution in [3.8, 4) is 55.6 Å². The minimum Gasteiger partial charge on any atom is -0.310 e. The van der Waals surface area contributed by atoms with E-state index in [-0.39, 0.29) is 5.41 Å². The molecule has 9 aromatic rings. The Morgan fingerprint density at radius 2 is 0.877 bits per heavy atom. The molecule has 5 unspecified atom stereocenters. The Morgan fingerprint density at radius 3 is 1.54 bits per heavy atom. The van der Waals surface area contributed by atoms with Crippen LogP contribution in [0.1, 0.15) is 59.1 Å². The minimum atomic E-state index is -0.445. The van der Waals surface area contributed by atoms with E-state index >= 15 is 0 Å². The summed E-state index contributed by atoms with van der Waals surface area (Å²) in [7, 11) is 0. The predicted molar refractivity (Wildman–Crippen MR) is 267 cm³/mol. The summed E-state index contributed by atoms with van der Waals surface area (Å²) in [6.45, 7) is 0. The smallest absolute Gasteiger partial charge is 0.0726 e. The number of hydrogen-bond acceptors (Lipinski definition) is 1. The summed E-state index contributed by atoms with van der Waals surface area (Å²) in [5.41, 5.74) is 24.9. The summed E-state index contributed by atoms with van der Waals surface area (Å²) in [6, 6.07) is 81.1. The van der Waals surface area contributed by atoms with Gasteiger partial charge in [0.05, 0.1) is 11.1 Å². The second kappa shape index (κ2) is 13.2. The van der Waals surface area contributed by atoms with Crippen LogP contribution in [-0.4, -0.2) is 0 Å². The molecule has 7 aliphatic rings. The molecule has 5 atom stereocenters. The minimum absolute atomic E-state index is 0.129. The highest BCUT2D eigenvalue weighted by Crippen LogP contribution is 2.73. The average molecular weight is 830 g/mol. The van der Waals surface area contributed by atoms with E-state index in [4.69, 9.17) is 0 Å². The van der Waals surface area contributed by atoms with Crippen molar-refractivity contribution in [2.45, 2.75) is 36.5 Å². The zero-order chi connectivity index (χ0) is 42.4. The molecule has 0 N–H and O–H groups in total. The van der Waals surface area contributed by atoms with Crippen molar-refractivity contribution in [1.29, 1.82) is 0 Å². The average Bonchev–Trinajstić information content (AvgIpc) is 4.09. The molecule has 16 rings (SSSR count). The number of rotatable bonds is 5. The van der Waals surface area contributed by atoms with Gasteiger partial charge >= 0.3 is 0 Å². The quantitative estimate of drug-likeness (QED) is 0.167. The topological polar surface area (TPSA) is 3.24 Å². The lowest BCUT2D eigenvalue weighted by molar-refractivity contribution is 0.191. The molecule has 2 spiro atoms. The van der Waals surface area contributed by atoms with E-state index in [0.29, 0.717) is 0 Å². The summed E-state index contributed by atoms with van der Waals surface area (Å²) in [5, 5.41) is 0. The summed E-state index contributed by atoms with van der Waals surface area (Å²) in [5.74, 6) is 3.25. The molecule has 0 heterocycles. The molecule has 308 valence electrons. The zero-order valence-corrected chi connectivity index (χ0v) is 36.3. The molecule has 4 bridgehead atoms. The number of fused-ring (bicyclic) bond motifs is 13. The number of anilines is 3. The SMILES string of the molecule is c1ccc(-c2cccc(N(c3ccc4c(c3)-c3ccccc3C43C4CC5CC(C4)C3C5)c3ccc4c(c3)C3(c5ccccc5-c5ccccc53)c3ccccc3-4)c2-c2ccccc2)cc1. The van der Waals surface area contributed by atoms with Crippen LogP contribution in [0.25, 0.3) is 55.6 Å². The Labute approximate surface area is 381 Å². The molecule has 65 heavy (non-hydrogen) atoms. The maximum absolute atomic E-state index is 2.61. The van der Waals surface area contributed by atoms with Gasteiger partial charge in [0, 0.05) is 22.4 Å². The van der Waals surface area contributed by atoms with Crippen LogP contribution in [0.2, 0.25) is 0 Å². The fourth-order valence-corrected chi connectivity index (χ4v) is 15.2. The first kappa shape index (κ1) is 36.2. The van der Waals surface area contributed by atoms with E-state index in [1.807, 2.05) is 0 Å². The molecule has 0 aliphatic heterocycles. The zero-order valence-electron chi connectivity index (χ0n) is 36.3. The normalized spacial score (nSPS) is 22.4. The van der Waals surface area contributed by atoms with Gasteiger partial charge in [0.2, 0.25) is 0 Å². The molecule has 9 aromatic carbocycles. The molecular formula is C64H47N. The van der Waals surface area contributed by atoms with Gasteiger partial charge < -0.3 is 4.90 Å². The summed E-state index contributed by atoms with van der Waals surface area (Å²) >= 11 is 0. The maximum Gasteiger partial charge on any atom is 0.0726 e. The van der Waals surface area contributed by atoms with Crippen molar-refractivity contribution < 1.29 is 0 Å². The standard InChI is InChI=1S/C64H47N/c1-3-16-41(17-4-1)47-24-15-29-61(62(47)42-18-5-2-6-19-42)65(45-31-33-58-53(38-45)51-23-10-11-25-54(51)63(58)44-35-40-34-43(37-44)59(63)36-40)46-30-32-52-50-22-9-14-28-57(50)64(60(52)39-46)55-26-12-7-20-48(55)49-21-8-13-27-56(49)64/h1-33,38-40,43-44,59H,34-37H2. The molecule has 0 saturated heterocycles. The van der Waals surface area contributed by atoms with Crippen LogP contribution in [0.4, 0.5) is 17.1 Å². The maximum atomic E-state index is 2.61. The van der Waals surface area contributed by atoms with Crippen LogP contribution >= 0.6 is 0 Å². The predicted octanol–water partition coefficient (Wildman–Crippen LogP) is 16.2. The van der Waals surface area contributed by atoms with Crippen molar-refractivity contribution in [2.24, 2.45) is 23.7 Å². The highest BCUT2D eigenvalue weighted by atomic mass is 15.1. The first-order chi connectivity index (χ1) is 32.2. The molecule has 0 radical (unpaired) electrons. The van der Waals surface area contributed by atoms with Gasteiger partial charge in [-0.2, -0.15) is 0 Å². The van der Waals surface area contributed by atoms with Crippen LogP contribution in [0, 0.1) is 23.7 Å². The highest BCUT2D eigenvalue weighted by molar-refractivity contribution is 6.00. The van der Waals surface area contributed by atoms with E-state index in [0.717, 1.165) is 23.7 Å². The third-order valence-corrected chi connectivity index (χ3v) is 17.3. The first-order valence-corrected chi connectivity index (χ1v) is 23.9. The number of hydrogen-bond donors (Lipinski definition) is 0. The van der Waals surface area contributed by atoms with Gasteiger partial charge in [-0.1, -0.05) is 182 Å². The lowest BCUT2D eigenvalue weighted by Gasteiger charge is -2.44. The van der Waals surface area contributed by atoms with Crippen LogP contribution in [0.15, 0.2) is 212 Å². The van der Waals surface area contributed by atoms with Gasteiger partial charge in [-0.3, -0.25) is 0 Å². The lowest BCUT2D eigenvalue weighted by Crippen LogP contribution is -2.40. The van der Waals surface area contributed by atoms with Gasteiger partial charge in [-0.15, -0.1) is 0 Å². The van der Waals surface area contributed by atoms with Crippen molar-refractivity contribution in [1.82, 2.24) is 0 Å². The Kier molecular flexibility index (Phi) is 7.33. The van der Waals surface area contributed by atoms with Crippen LogP contribution in [-0.2, 0) is 10.8 Å². The second-order valence-electron chi connectivity index (χ2n) is 19.9. The van der Waals surface area contributed by atoms with Crippen LogP contribution < -0.4 is 4.90 Å². The summed E-state index contributed by atoms with van der Waals surface area (Å²) in [4.78, 5) is 2.61. The molecule has 1 nitrogen and oxygen atoms in total. The third kappa shape index (κ3) is 4.58.